The van der Waals surface area contributed by atoms with Gasteiger partial charge in [-0.15, -0.1) is 0 Å². The van der Waals surface area contributed by atoms with Crippen LogP contribution in [0.5, 0.6) is 5.75 Å². The lowest BCUT2D eigenvalue weighted by Crippen LogP contribution is -2.20. The van der Waals surface area contributed by atoms with E-state index in [4.69, 9.17) is 0 Å². The Morgan fingerprint density at radius 2 is 2.04 bits per heavy atom. The van der Waals surface area contributed by atoms with Crippen molar-refractivity contribution in [2.45, 2.75) is 6.42 Å². The highest BCUT2D eigenvalue weighted by Crippen LogP contribution is 2.30. The quantitative estimate of drug-likeness (QED) is 0.408. The van der Waals surface area contributed by atoms with Gasteiger partial charge in [-0.1, -0.05) is 34.1 Å². The molecule has 1 amide bonds. The Labute approximate surface area is 153 Å². The van der Waals surface area contributed by atoms with Gasteiger partial charge in [0.2, 0.25) is 5.91 Å². The zero-order valence-electron chi connectivity index (χ0n) is 12.1. The summed E-state index contributed by atoms with van der Waals surface area (Å²) >= 11 is 6.47. The van der Waals surface area contributed by atoms with Crippen molar-refractivity contribution in [3.05, 3.63) is 66.6 Å². The van der Waals surface area contributed by atoms with Crippen LogP contribution < -0.4 is 5.43 Å². The minimum Gasteiger partial charge on any atom is -0.506 e. The number of nitrogens with one attached hydrogen (secondary N) is 1. The zero-order valence-corrected chi connectivity index (χ0v) is 15.2. The highest BCUT2D eigenvalue weighted by molar-refractivity contribution is 9.11. The molecule has 0 bridgehead atoms. The summed E-state index contributed by atoms with van der Waals surface area (Å²) < 4.78 is 1.20. The number of aromatic hydroxyl groups is 1. The number of para-hydroxylation sites is 1. The van der Waals surface area contributed by atoms with Crippen LogP contribution in [0.1, 0.15) is 11.1 Å². The molecule has 2 aromatic rings. The number of phenolic OH excluding ortho intramolecular Hbond substituents is 1. The van der Waals surface area contributed by atoms with Crippen molar-refractivity contribution in [2.75, 3.05) is 0 Å². The number of benzene rings is 2. The van der Waals surface area contributed by atoms with Gasteiger partial charge in [0.05, 0.1) is 22.0 Å². The second-order valence-corrected chi connectivity index (χ2v) is 6.45. The van der Waals surface area contributed by atoms with E-state index in [-0.39, 0.29) is 17.9 Å². The van der Waals surface area contributed by atoms with Gasteiger partial charge in [-0.3, -0.25) is 14.9 Å². The lowest BCUT2D eigenvalue weighted by Gasteiger charge is -2.04. The lowest BCUT2D eigenvalue weighted by atomic mass is 10.1. The Morgan fingerprint density at radius 3 is 2.75 bits per heavy atom. The van der Waals surface area contributed by atoms with E-state index in [1.165, 1.54) is 24.4 Å². The van der Waals surface area contributed by atoms with Crippen molar-refractivity contribution in [1.29, 1.82) is 0 Å². The molecule has 2 N–H and O–H groups in total. The number of amides is 1. The number of nitro groups is 1. The zero-order chi connectivity index (χ0) is 17.7. The number of phenols is 1. The summed E-state index contributed by atoms with van der Waals surface area (Å²) in [6.45, 7) is 0. The standard InChI is InChI=1S/C15H11Br2N3O4/c16-11-5-10(15(22)12(17)7-11)8-18-19-14(21)6-9-3-1-2-4-13(9)20(23)24/h1-5,7-8,22H,6H2,(H,19,21). The van der Waals surface area contributed by atoms with Gasteiger partial charge in [0, 0.05) is 21.7 Å². The van der Waals surface area contributed by atoms with E-state index in [1.54, 1.807) is 18.2 Å². The molecule has 24 heavy (non-hydrogen) atoms. The van der Waals surface area contributed by atoms with Crippen LogP contribution in [0.25, 0.3) is 0 Å². The summed E-state index contributed by atoms with van der Waals surface area (Å²) in [5.41, 5.74) is 2.84. The molecule has 0 aliphatic heterocycles. The van der Waals surface area contributed by atoms with Gasteiger partial charge in [0.1, 0.15) is 5.75 Å². The first-order valence-corrected chi connectivity index (χ1v) is 8.19. The fraction of sp³-hybridized carbons (Fsp3) is 0.0667. The van der Waals surface area contributed by atoms with Crippen molar-refractivity contribution in [3.63, 3.8) is 0 Å². The second kappa shape index (κ2) is 8.02. The maximum atomic E-state index is 11.9. The van der Waals surface area contributed by atoms with Crippen molar-refractivity contribution in [2.24, 2.45) is 5.10 Å². The van der Waals surface area contributed by atoms with Gasteiger partial charge >= 0.3 is 0 Å². The average Bonchev–Trinajstić information content (AvgIpc) is 2.52. The minimum absolute atomic E-state index is 0.0186. The SMILES string of the molecule is O=C(Cc1ccccc1[N+](=O)[O-])NN=Cc1cc(Br)cc(Br)c1O. The first-order chi connectivity index (χ1) is 11.4. The summed E-state index contributed by atoms with van der Waals surface area (Å²) in [6.07, 6.45) is 1.10. The Balaban J connectivity index is 2.06. The van der Waals surface area contributed by atoms with Crippen molar-refractivity contribution >= 4 is 49.7 Å². The minimum atomic E-state index is -0.539. The van der Waals surface area contributed by atoms with E-state index in [2.05, 4.69) is 42.4 Å². The number of rotatable bonds is 5. The van der Waals surface area contributed by atoms with Crippen LogP contribution in [-0.4, -0.2) is 22.2 Å². The third-order valence-electron chi connectivity index (χ3n) is 2.99. The van der Waals surface area contributed by atoms with E-state index >= 15 is 0 Å². The second-order valence-electron chi connectivity index (χ2n) is 4.68. The largest absolute Gasteiger partial charge is 0.506 e. The normalized spacial score (nSPS) is 10.8. The van der Waals surface area contributed by atoms with E-state index in [9.17, 15) is 20.0 Å². The van der Waals surface area contributed by atoms with E-state index in [0.717, 1.165) is 4.47 Å². The average molecular weight is 457 g/mol. The smallest absolute Gasteiger partial charge is 0.273 e. The van der Waals surface area contributed by atoms with Crippen LogP contribution in [0.4, 0.5) is 5.69 Å². The summed E-state index contributed by atoms with van der Waals surface area (Å²) in [5, 5.41) is 24.5. The van der Waals surface area contributed by atoms with Crippen LogP contribution in [0.3, 0.4) is 0 Å². The monoisotopic (exact) mass is 455 g/mol. The van der Waals surface area contributed by atoms with Gasteiger partial charge in [-0.2, -0.15) is 5.10 Å². The fourth-order valence-electron chi connectivity index (χ4n) is 1.91. The van der Waals surface area contributed by atoms with E-state index in [0.29, 0.717) is 15.6 Å². The number of carbonyl (C=O) groups excluding carboxylic acids is 1. The fourth-order valence-corrected chi connectivity index (χ4v) is 3.17. The molecule has 124 valence electrons. The molecule has 0 saturated carbocycles. The first-order valence-electron chi connectivity index (χ1n) is 6.60. The number of carbonyl (C=O) groups is 1. The van der Waals surface area contributed by atoms with E-state index < -0.39 is 10.8 Å². The number of hydrogen-bond acceptors (Lipinski definition) is 5. The third-order valence-corrected chi connectivity index (χ3v) is 4.05. The van der Waals surface area contributed by atoms with Crippen LogP contribution >= 0.6 is 31.9 Å². The van der Waals surface area contributed by atoms with Gasteiger partial charge < -0.3 is 5.11 Å². The van der Waals surface area contributed by atoms with Crippen LogP contribution in [-0.2, 0) is 11.2 Å². The Kier molecular flexibility index (Phi) is 6.04. The van der Waals surface area contributed by atoms with Crippen molar-refractivity contribution in [1.82, 2.24) is 5.43 Å². The summed E-state index contributed by atoms with van der Waals surface area (Å²) in [5.74, 6) is -0.524. The van der Waals surface area contributed by atoms with Gasteiger partial charge in [-0.25, -0.2) is 5.43 Å². The van der Waals surface area contributed by atoms with Gasteiger partial charge in [0.25, 0.3) is 5.69 Å². The summed E-state index contributed by atoms with van der Waals surface area (Å²) in [7, 11) is 0. The third kappa shape index (κ3) is 4.62. The molecule has 0 saturated heterocycles. The molecule has 0 aliphatic rings. The molecule has 0 radical (unpaired) electrons. The molecule has 0 spiro atoms. The molecule has 0 aromatic heterocycles. The maximum Gasteiger partial charge on any atom is 0.273 e. The summed E-state index contributed by atoms with van der Waals surface area (Å²) in [6, 6.07) is 9.29. The Bertz CT molecular complexity index is 824. The predicted octanol–water partition coefficient (Wildman–Crippen LogP) is 3.52. The number of nitro benzene ring substituents is 1. The molecular weight excluding hydrogens is 446 g/mol. The van der Waals surface area contributed by atoms with Crippen molar-refractivity contribution in [3.8, 4) is 5.75 Å². The van der Waals surface area contributed by atoms with Gasteiger partial charge in [-0.05, 0) is 28.1 Å². The number of hydrogen-bond donors (Lipinski definition) is 2. The number of hydrazone groups is 1. The summed E-state index contributed by atoms with van der Waals surface area (Å²) in [4.78, 5) is 22.2. The molecule has 7 nitrogen and oxygen atoms in total. The highest BCUT2D eigenvalue weighted by Gasteiger charge is 2.15. The van der Waals surface area contributed by atoms with Crippen LogP contribution in [0.2, 0.25) is 0 Å². The molecule has 2 aromatic carbocycles. The highest BCUT2D eigenvalue weighted by atomic mass is 79.9. The van der Waals surface area contributed by atoms with Crippen LogP contribution in [0, 0.1) is 10.1 Å². The number of halogens is 2. The van der Waals surface area contributed by atoms with Crippen LogP contribution in [0.15, 0.2) is 50.4 Å². The number of nitrogens with zero attached hydrogens (tertiary/aromatic N) is 2. The molecule has 0 heterocycles. The molecule has 0 aliphatic carbocycles. The predicted molar refractivity (Wildman–Crippen MR) is 96.0 cm³/mol. The first kappa shape index (κ1) is 18.1. The molecule has 0 atom stereocenters. The lowest BCUT2D eigenvalue weighted by molar-refractivity contribution is -0.385. The Hall–Kier alpha value is -2.26. The maximum absolute atomic E-state index is 11.9. The molecule has 0 fully saturated rings. The van der Waals surface area contributed by atoms with Gasteiger partial charge in [0.15, 0.2) is 0 Å². The van der Waals surface area contributed by atoms with E-state index in [1.807, 2.05) is 0 Å². The molecule has 2 rings (SSSR count). The molecule has 0 unspecified atom stereocenters. The topological polar surface area (TPSA) is 105 Å². The van der Waals surface area contributed by atoms with Crippen molar-refractivity contribution < 1.29 is 14.8 Å². The molecular formula is C15H11Br2N3O4. The Morgan fingerprint density at radius 1 is 1.33 bits per heavy atom. The molecule has 9 heteroatoms.